The standard InChI is InChI=1S/C15H25N3/c1-4-14(13-8-6-5-7-9-13)18-15-12(3)16-10-11(2)17-15/h10,13-14H,4-9H2,1-3H3,(H,17,18). The highest BCUT2D eigenvalue weighted by Gasteiger charge is 2.23. The number of aromatic nitrogens is 2. The van der Waals surface area contributed by atoms with E-state index >= 15 is 0 Å². The lowest BCUT2D eigenvalue weighted by molar-refractivity contribution is 0.312. The number of hydrogen-bond acceptors (Lipinski definition) is 3. The Bertz CT molecular complexity index is 383. The SMILES string of the molecule is CCC(Nc1nc(C)cnc1C)C1CCCCC1. The van der Waals surface area contributed by atoms with Gasteiger partial charge in [-0.2, -0.15) is 0 Å². The molecule has 1 unspecified atom stereocenters. The summed E-state index contributed by atoms with van der Waals surface area (Å²) in [4.78, 5) is 8.97. The molecule has 1 aliphatic carbocycles. The maximum Gasteiger partial charge on any atom is 0.147 e. The van der Waals surface area contributed by atoms with E-state index in [0.717, 1.165) is 23.1 Å². The van der Waals surface area contributed by atoms with Crippen molar-refractivity contribution in [2.24, 2.45) is 5.92 Å². The summed E-state index contributed by atoms with van der Waals surface area (Å²) in [6.07, 6.45) is 9.92. The van der Waals surface area contributed by atoms with E-state index in [1.54, 1.807) is 0 Å². The van der Waals surface area contributed by atoms with Crippen molar-refractivity contribution in [3.63, 3.8) is 0 Å². The van der Waals surface area contributed by atoms with Crippen LogP contribution < -0.4 is 5.32 Å². The summed E-state index contributed by atoms with van der Waals surface area (Å²) in [5.41, 5.74) is 2.00. The zero-order valence-electron chi connectivity index (χ0n) is 11.9. The van der Waals surface area contributed by atoms with E-state index in [4.69, 9.17) is 0 Å². The van der Waals surface area contributed by atoms with Gasteiger partial charge in [-0.05, 0) is 39.0 Å². The van der Waals surface area contributed by atoms with Crippen LogP contribution in [0.4, 0.5) is 5.82 Å². The highest BCUT2D eigenvalue weighted by molar-refractivity contribution is 5.40. The first-order valence-corrected chi connectivity index (χ1v) is 7.27. The van der Waals surface area contributed by atoms with Gasteiger partial charge >= 0.3 is 0 Å². The van der Waals surface area contributed by atoms with E-state index in [2.05, 4.69) is 22.2 Å². The van der Waals surface area contributed by atoms with Gasteiger partial charge in [0.1, 0.15) is 5.82 Å². The fraction of sp³-hybridized carbons (Fsp3) is 0.733. The molecule has 1 aromatic heterocycles. The van der Waals surface area contributed by atoms with Crippen molar-refractivity contribution < 1.29 is 0 Å². The van der Waals surface area contributed by atoms with Crippen molar-refractivity contribution in [2.75, 3.05) is 5.32 Å². The first-order valence-electron chi connectivity index (χ1n) is 7.27. The summed E-state index contributed by atoms with van der Waals surface area (Å²) >= 11 is 0. The second-order valence-corrected chi connectivity index (χ2v) is 5.50. The molecule has 0 spiro atoms. The molecule has 1 aliphatic rings. The van der Waals surface area contributed by atoms with Gasteiger partial charge in [-0.1, -0.05) is 26.2 Å². The van der Waals surface area contributed by atoms with Crippen LogP contribution in [0, 0.1) is 19.8 Å². The van der Waals surface area contributed by atoms with E-state index in [-0.39, 0.29) is 0 Å². The molecular weight excluding hydrogens is 222 g/mol. The van der Waals surface area contributed by atoms with Crippen LogP contribution in [0.5, 0.6) is 0 Å². The fourth-order valence-corrected chi connectivity index (χ4v) is 2.94. The lowest BCUT2D eigenvalue weighted by atomic mass is 9.83. The van der Waals surface area contributed by atoms with Crippen molar-refractivity contribution >= 4 is 5.82 Å². The minimum absolute atomic E-state index is 0.556. The topological polar surface area (TPSA) is 37.8 Å². The summed E-state index contributed by atoms with van der Waals surface area (Å²) < 4.78 is 0. The monoisotopic (exact) mass is 247 g/mol. The molecule has 1 saturated carbocycles. The van der Waals surface area contributed by atoms with E-state index < -0.39 is 0 Å². The summed E-state index contributed by atoms with van der Waals surface area (Å²) in [5.74, 6) is 1.79. The average Bonchev–Trinajstić information content (AvgIpc) is 2.41. The minimum Gasteiger partial charge on any atom is -0.366 e. The van der Waals surface area contributed by atoms with Crippen LogP contribution in [0.3, 0.4) is 0 Å². The normalized spacial score (nSPS) is 18.6. The molecule has 0 saturated heterocycles. The third-order valence-electron chi connectivity index (χ3n) is 4.06. The Morgan fingerprint density at radius 3 is 2.67 bits per heavy atom. The summed E-state index contributed by atoms with van der Waals surface area (Å²) in [6, 6.07) is 0.556. The van der Waals surface area contributed by atoms with Gasteiger partial charge in [0, 0.05) is 12.2 Å². The Balaban J connectivity index is 2.06. The number of aryl methyl sites for hydroxylation is 2. The van der Waals surface area contributed by atoms with Gasteiger partial charge in [-0.3, -0.25) is 4.98 Å². The van der Waals surface area contributed by atoms with E-state index in [1.807, 2.05) is 20.0 Å². The second-order valence-electron chi connectivity index (χ2n) is 5.50. The summed E-state index contributed by atoms with van der Waals surface area (Å²) in [7, 11) is 0. The van der Waals surface area contributed by atoms with Gasteiger partial charge in [0.15, 0.2) is 0 Å². The van der Waals surface area contributed by atoms with E-state index in [0.29, 0.717) is 6.04 Å². The Morgan fingerprint density at radius 1 is 1.28 bits per heavy atom. The largest absolute Gasteiger partial charge is 0.366 e. The first-order chi connectivity index (χ1) is 8.70. The second kappa shape index (κ2) is 6.17. The molecule has 3 nitrogen and oxygen atoms in total. The molecular formula is C15H25N3. The maximum atomic E-state index is 4.58. The summed E-state index contributed by atoms with van der Waals surface area (Å²) in [6.45, 7) is 6.30. The van der Waals surface area contributed by atoms with Crippen LogP contribution in [0.15, 0.2) is 6.20 Å². The van der Waals surface area contributed by atoms with E-state index in [1.165, 1.54) is 38.5 Å². The van der Waals surface area contributed by atoms with Crippen LogP contribution in [0.25, 0.3) is 0 Å². The fourth-order valence-electron chi connectivity index (χ4n) is 2.94. The third kappa shape index (κ3) is 3.21. The zero-order chi connectivity index (χ0) is 13.0. The molecule has 1 heterocycles. The molecule has 18 heavy (non-hydrogen) atoms. The van der Waals surface area contributed by atoms with Crippen molar-refractivity contribution in [2.45, 2.75) is 65.3 Å². The van der Waals surface area contributed by atoms with Gasteiger partial charge < -0.3 is 5.32 Å². The molecule has 1 N–H and O–H groups in total. The van der Waals surface area contributed by atoms with Gasteiger partial charge in [0.2, 0.25) is 0 Å². The zero-order valence-corrected chi connectivity index (χ0v) is 11.9. The Morgan fingerprint density at radius 2 is 2.00 bits per heavy atom. The molecule has 1 atom stereocenters. The van der Waals surface area contributed by atoms with Gasteiger partial charge in [0.05, 0.1) is 11.4 Å². The van der Waals surface area contributed by atoms with Crippen molar-refractivity contribution in [1.82, 2.24) is 9.97 Å². The highest BCUT2D eigenvalue weighted by Crippen LogP contribution is 2.29. The van der Waals surface area contributed by atoms with Crippen LogP contribution in [-0.2, 0) is 0 Å². The molecule has 2 rings (SSSR count). The average molecular weight is 247 g/mol. The molecule has 0 aliphatic heterocycles. The first kappa shape index (κ1) is 13.3. The third-order valence-corrected chi connectivity index (χ3v) is 4.06. The maximum absolute atomic E-state index is 4.58. The Hall–Kier alpha value is -1.12. The van der Waals surface area contributed by atoms with Gasteiger partial charge in [-0.25, -0.2) is 4.98 Å². The molecule has 0 bridgehead atoms. The quantitative estimate of drug-likeness (QED) is 0.877. The molecule has 0 aromatic carbocycles. The highest BCUT2D eigenvalue weighted by atomic mass is 15.0. The van der Waals surface area contributed by atoms with Crippen molar-refractivity contribution in [3.8, 4) is 0 Å². The minimum atomic E-state index is 0.556. The van der Waals surface area contributed by atoms with Crippen LogP contribution in [-0.4, -0.2) is 16.0 Å². The molecule has 100 valence electrons. The summed E-state index contributed by atoms with van der Waals surface area (Å²) in [5, 5.41) is 3.63. The lowest BCUT2D eigenvalue weighted by Gasteiger charge is -2.31. The predicted octanol–water partition coefficient (Wildman–Crippen LogP) is 3.86. The predicted molar refractivity (Wildman–Crippen MR) is 75.8 cm³/mol. The van der Waals surface area contributed by atoms with Crippen LogP contribution in [0.1, 0.15) is 56.8 Å². The molecule has 0 amide bonds. The van der Waals surface area contributed by atoms with Crippen molar-refractivity contribution in [3.05, 3.63) is 17.6 Å². The molecule has 1 aromatic rings. The van der Waals surface area contributed by atoms with E-state index in [9.17, 15) is 0 Å². The van der Waals surface area contributed by atoms with Crippen molar-refractivity contribution in [1.29, 1.82) is 0 Å². The van der Waals surface area contributed by atoms with Crippen LogP contribution >= 0.6 is 0 Å². The number of anilines is 1. The smallest absolute Gasteiger partial charge is 0.147 e. The molecule has 3 heteroatoms. The molecule has 0 radical (unpaired) electrons. The Kier molecular flexibility index (Phi) is 4.56. The number of hydrogen-bond donors (Lipinski definition) is 1. The number of rotatable bonds is 4. The molecule has 1 fully saturated rings. The van der Waals surface area contributed by atoms with Gasteiger partial charge in [0.25, 0.3) is 0 Å². The number of nitrogens with zero attached hydrogens (tertiary/aromatic N) is 2. The Labute approximate surface area is 110 Å². The lowest BCUT2D eigenvalue weighted by Crippen LogP contribution is -2.31. The van der Waals surface area contributed by atoms with Gasteiger partial charge in [-0.15, -0.1) is 0 Å². The van der Waals surface area contributed by atoms with Crippen LogP contribution in [0.2, 0.25) is 0 Å². The number of nitrogens with one attached hydrogen (secondary N) is 1.